The molecule has 1 aromatic carbocycles. The van der Waals surface area contributed by atoms with Crippen molar-refractivity contribution in [2.75, 3.05) is 5.38 Å². The third kappa shape index (κ3) is 2.08. The highest BCUT2D eigenvalue weighted by molar-refractivity contribution is 8.00. The van der Waals surface area contributed by atoms with Gasteiger partial charge in [0.1, 0.15) is 5.75 Å². The Bertz CT molecular complexity index is 197. The van der Waals surface area contributed by atoms with Gasteiger partial charge in [-0.15, -0.1) is 11.8 Å². The summed E-state index contributed by atoms with van der Waals surface area (Å²) in [6.45, 7) is 0. The smallest absolute Gasteiger partial charge is 0.115 e. The number of phenols is 1. The molecule has 0 aliphatic rings. The molecule has 0 aliphatic carbocycles. The van der Waals surface area contributed by atoms with Gasteiger partial charge in [-0.2, -0.15) is 0 Å². The van der Waals surface area contributed by atoms with Crippen LogP contribution in [0.25, 0.3) is 0 Å². The molecule has 0 saturated heterocycles. The van der Waals surface area contributed by atoms with Gasteiger partial charge in [-0.3, -0.25) is 0 Å². The first-order valence-electron chi connectivity index (χ1n) is 3.24. The third-order valence-electron chi connectivity index (χ3n) is 1.15. The summed E-state index contributed by atoms with van der Waals surface area (Å²) in [5.74, 6) is 0.345. The molecular weight excluding hydrogens is 160 g/mol. The molecule has 0 bridgehead atoms. The molecule has 0 atom stereocenters. The molecule has 3 heteroatoms. The molecule has 0 amide bonds. The van der Waals surface area contributed by atoms with E-state index in [1.165, 1.54) is 20.5 Å². The Morgan fingerprint density at radius 3 is 2.40 bits per heavy atom. The minimum atomic E-state index is 0.345. The standard InChI is InChI=1S/C7H10OSSi/c8-6-1-3-7(4-2-6)9-5-10/h1-4,8H,5H2,10H3. The average Bonchev–Trinajstić information content (AvgIpc) is 1.95. The van der Waals surface area contributed by atoms with Crippen LogP contribution in [0.4, 0.5) is 0 Å². The molecule has 1 nitrogen and oxygen atoms in total. The molecule has 1 N–H and O–H groups in total. The van der Waals surface area contributed by atoms with E-state index in [0.29, 0.717) is 5.75 Å². The van der Waals surface area contributed by atoms with Crippen molar-refractivity contribution < 1.29 is 5.11 Å². The quantitative estimate of drug-likeness (QED) is 0.523. The molecule has 0 spiro atoms. The van der Waals surface area contributed by atoms with Crippen molar-refractivity contribution >= 4 is 22.0 Å². The van der Waals surface area contributed by atoms with Gasteiger partial charge >= 0.3 is 0 Å². The number of benzene rings is 1. The zero-order valence-corrected chi connectivity index (χ0v) is 8.69. The zero-order chi connectivity index (χ0) is 7.40. The van der Waals surface area contributed by atoms with Crippen molar-refractivity contribution in [1.82, 2.24) is 0 Å². The fourth-order valence-corrected chi connectivity index (χ4v) is 2.37. The van der Waals surface area contributed by atoms with E-state index in [1.54, 1.807) is 12.1 Å². The maximum Gasteiger partial charge on any atom is 0.115 e. The third-order valence-corrected chi connectivity index (χ3v) is 2.91. The normalized spacial score (nSPS) is 10.0. The van der Waals surface area contributed by atoms with Gasteiger partial charge < -0.3 is 5.11 Å². The molecule has 0 heterocycles. The van der Waals surface area contributed by atoms with Crippen LogP contribution in [0.5, 0.6) is 5.75 Å². The van der Waals surface area contributed by atoms with Crippen LogP contribution in [-0.4, -0.2) is 20.7 Å². The highest BCUT2D eigenvalue weighted by Gasteiger charge is 1.89. The fourth-order valence-electron chi connectivity index (χ4n) is 0.709. The topological polar surface area (TPSA) is 20.2 Å². The summed E-state index contributed by atoms with van der Waals surface area (Å²) in [6.07, 6.45) is 0. The molecule has 0 radical (unpaired) electrons. The molecular formula is C7H10OSSi. The molecule has 0 saturated carbocycles. The zero-order valence-electron chi connectivity index (χ0n) is 5.87. The van der Waals surface area contributed by atoms with Crippen molar-refractivity contribution in [3.05, 3.63) is 24.3 Å². The second-order valence-corrected chi connectivity index (χ2v) is 5.00. The van der Waals surface area contributed by atoms with Crippen LogP contribution in [0.15, 0.2) is 29.2 Å². The van der Waals surface area contributed by atoms with Gasteiger partial charge in [-0.25, -0.2) is 0 Å². The number of hydrogen-bond donors (Lipinski definition) is 1. The van der Waals surface area contributed by atoms with E-state index in [2.05, 4.69) is 0 Å². The van der Waals surface area contributed by atoms with Crippen LogP contribution in [-0.2, 0) is 0 Å². The molecule has 0 aromatic heterocycles. The summed E-state index contributed by atoms with van der Waals surface area (Å²) < 4.78 is 0. The van der Waals surface area contributed by atoms with E-state index in [-0.39, 0.29) is 0 Å². The minimum absolute atomic E-state index is 0.345. The fraction of sp³-hybridized carbons (Fsp3) is 0.143. The van der Waals surface area contributed by atoms with Gasteiger partial charge in [-0.1, -0.05) is 0 Å². The van der Waals surface area contributed by atoms with E-state index in [0.717, 1.165) is 0 Å². The van der Waals surface area contributed by atoms with Gasteiger partial charge in [0.25, 0.3) is 0 Å². The largest absolute Gasteiger partial charge is 0.508 e. The molecule has 0 aliphatic heterocycles. The summed E-state index contributed by atoms with van der Waals surface area (Å²) in [6, 6.07) is 7.33. The van der Waals surface area contributed by atoms with Gasteiger partial charge in [0.2, 0.25) is 0 Å². The summed E-state index contributed by atoms with van der Waals surface area (Å²) in [5, 5.41) is 10.1. The van der Waals surface area contributed by atoms with E-state index in [9.17, 15) is 0 Å². The summed E-state index contributed by atoms with van der Waals surface area (Å²) in [5.41, 5.74) is 0. The number of thioether (sulfide) groups is 1. The van der Waals surface area contributed by atoms with Crippen molar-refractivity contribution in [2.45, 2.75) is 4.90 Å². The molecule has 0 fully saturated rings. The molecule has 1 rings (SSSR count). The second-order valence-electron chi connectivity index (χ2n) is 1.93. The Morgan fingerprint density at radius 2 is 1.90 bits per heavy atom. The first-order valence-corrected chi connectivity index (χ1v) is 5.64. The van der Waals surface area contributed by atoms with Crippen LogP contribution in [0.2, 0.25) is 0 Å². The number of hydrogen-bond acceptors (Lipinski definition) is 2. The summed E-state index contributed by atoms with van der Waals surface area (Å²) in [4.78, 5) is 1.24. The van der Waals surface area contributed by atoms with Crippen LogP contribution in [0.1, 0.15) is 0 Å². The first kappa shape index (κ1) is 7.69. The Hall–Kier alpha value is -0.413. The predicted molar refractivity (Wildman–Crippen MR) is 48.8 cm³/mol. The number of aromatic hydroxyl groups is 1. The predicted octanol–water partition coefficient (Wildman–Crippen LogP) is 0.807. The number of phenolic OH excluding ortho intramolecular Hbond substituents is 1. The van der Waals surface area contributed by atoms with Gasteiger partial charge in [0.05, 0.1) is 0 Å². The molecule has 10 heavy (non-hydrogen) atoms. The van der Waals surface area contributed by atoms with Crippen molar-refractivity contribution in [3.63, 3.8) is 0 Å². The van der Waals surface area contributed by atoms with Gasteiger partial charge in [0, 0.05) is 15.1 Å². The maximum absolute atomic E-state index is 8.92. The van der Waals surface area contributed by atoms with Crippen LogP contribution < -0.4 is 0 Å². The van der Waals surface area contributed by atoms with Crippen LogP contribution in [0, 0.1) is 0 Å². The van der Waals surface area contributed by atoms with E-state index in [4.69, 9.17) is 5.11 Å². The highest BCUT2D eigenvalue weighted by atomic mass is 32.2. The van der Waals surface area contributed by atoms with Gasteiger partial charge in [-0.05, 0) is 29.6 Å². The lowest BCUT2D eigenvalue weighted by molar-refractivity contribution is 0.475. The lowest BCUT2D eigenvalue weighted by atomic mass is 10.3. The lowest BCUT2D eigenvalue weighted by Crippen LogP contribution is -1.74. The number of rotatable bonds is 2. The SMILES string of the molecule is Oc1ccc(SC[SiH3])cc1. The van der Waals surface area contributed by atoms with Crippen LogP contribution >= 0.6 is 11.8 Å². The van der Waals surface area contributed by atoms with Crippen molar-refractivity contribution in [3.8, 4) is 5.75 Å². The Labute approximate surface area is 67.9 Å². The molecule has 54 valence electrons. The van der Waals surface area contributed by atoms with E-state index < -0.39 is 0 Å². The highest BCUT2D eigenvalue weighted by Crippen LogP contribution is 2.18. The molecule has 0 unspecified atom stereocenters. The van der Waals surface area contributed by atoms with Gasteiger partial charge in [0.15, 0.2) is 0 Å². The van der Waals surface area contributed by atoms with E-state index >= 15 is 0 Å². The minimum Gasteiger partial charge on any atom is -0.508 e. The average molecular weight is 170 g/mol. The van der Waals surface area contributed by atoms with E-state index in [1.807, 2.05) is 23.9 Å². The lowest BCUT2D eigenvalue weighted by Gasteiger charge is -1.96. The van der Waals surface area contributed by atoms with Crippen LogP contribution in [0.3, 0.4) is 0 Å². The maximum atomic E-state index is 8.92. The van der Waals surface area contributed by atoms with Crippen molar-refractivity contribution in [1.29, 1.82) is 0 Å². The Morgan fingerprint density at radius 1 is 1.30 bits per heavy atom. The molecule has 1 aromatic rings. The second kappa shape index (κ2) is 3.68. The monoisotopic (exact) mass is 170 g/mol. The Balaban J connectivity index is 2.69. The summed E-state index contributed by atoms with van der Waals surface area (Å²) in [7, 11) is 1.22. The van der Waals surface area contributed by atoms with Crippen molar-refractivity contribution in [2.24, 2.45) is 0 Å². The first-order chi connectivity index (χ1) is 4.83. The Kier molecular flexibility index (Phi) is 2.83. The summed E-state index contributed by atoms with van der Waals surface area (Å²) >= 11 is 1.83.